The Hall–Kier alpha value is -4.73. The number of halogens is 1. The number of Topliss-reactive ketones (excluding diaryl/α,β-unsaturated/α-hetero) is 2. The molecule has 4 rings (SSSR count). The number of carbonyl (C=O) groups is 4. The molecule has 1 heterocycles. The largest absolute Gasteiger partial charge is 0.453 e. The van der Waals surface area contributed by atoms with Crippen molar-refractivity contribution >= 4 is 34.8 Å². The number of hydrogen-bond acceptors (Lipinski definition) is 7. The fourth-order valence-corrected chi connectivity index (χ4v) is 3.83. The van der Waals surface area contributed by atoms with Crippen molar-refractivity contribution in [2.24, 2.45) is 5.92 Å². The van der Waals surface area contributed by atoms with Gasteiger partial charge in [-0.15, -0.1) is 0 Å². The van der Waals surface area contributed by atoms with Crippen molar-refractivity contribution in [2.75, 3.05) is 5.32 Å². The number of cyclic esters (lactones) is 1. The Morgan fingerprint density at radius 2 is 1.74 bits per heavy atom. The van der Waals surface area contributed by atoms with Crippen LogP contribution in [0.1, 0.15) is 37.9 Å². The highest BCUT2D eigenvalue weighted by Gasteiger charge is 2.46. The number of hydrogen-bond donors (Lipinski definition) is 1. The first-order valence-corrected chi connectivity index (χ1v) is 10.4. The number of ketones is 2. The van der Waals surface area contributed by atoms with Crippen LogP contribution in [0.15, 0.2) is 66.7 Å². The third-order valence-electron chi connectivity index (χ3n) is 5.63. The number of amides is 1. The predicted molar refractivity (Wildman–Crippen MR) is 120 cm³/mol. The van der Waals surface area contributed by atoms with E-state index in [-0.39, 0.29) is 22.5 Å². The summed E-state index contributed by atoms with van der Waals surface area (Å²) in [4.78, 5) is 62.4. The number of aryl methyl sites for hydroxylation is 1. The van der Waals surface area contributed by atoms with Gasteiger partial charge in [0.25, 0.3) is 11.6 Å². The number of benzene rings is 3. The Morgan fingerprint density at radius 1 is 1.06 bits per heavy atom. The molecule has 0 saturated heterocycles. The normalized spacial score (nSPS) is 15.0. The maximum absolute atomic E-state index is 14.4. The van der Waals surface area contributed by atoms with Crippen molar-refractivity contribution in [3.63, 3.8) is 0 Å². The predicted octanol–water partition coefficient (Wildman–Crippen LogP) is 3.96. The van der Waals surface area contributed by atoms with Crippen LogP contribution in [0.25, 0.3) is 0 Å². The maximum atomic E-state index is 14.4. The molecule has 2 atom stereocenters. The van der Waals surface area contributed by atoms with E-state index in [1.165, 1.54) is 36.4 Å². The van der Waals surface area contributed by atoms with Gasteiger partial charge in [0.15, 0.2) is 5.78 Å². The van der Waals surface area contributed by atoms with Gasteiger partial charge in [-0.2, -0.15) is 0 Å². The van der Waals surface area contributed by atoms with Crippen molar-refractivity contribution < 1.29 is 33.2 Å². The number of fused-ring (bicyclic) bond motifs is 1. The van der Waals surface area contributed by atoms with Crippen molar-refractivity contribution in [2.45, 2.75) is 13.0 Å². The van der Waals surface area contributed by atoms with Crippen LogP contribution < -0.4 is 5.32 Å². The van der Waals surface area contributed by atoms with E-state index in [0.29, 0.717) is 5.56 Å². The highest BCUT2D eigenvalue weighted by Crippen LogP contribution is 2.38. The third-order valence-corrected chi connectivity index (χ3v) is 5.63. The smallest absolute Gasteiger partial charge is 0.339 e. The molecule has 1 aliphatic heterocycles. The fourth-order valence-electron chi connectivity index (χ4n) is 3.83. The van der Waals surface area contributed by atoms with E-state index in [9.17, 15) is 33.7 Å². The summed E-state index contributed by atoms with van der Waals surface area (Å²) in [5.41, 5.74) is -0.0436. The highest BCUT2D eigenvalue weighted by molar-refractivity contribution is 6.45. The minimum absolute atomic E-state index is 0.0153. The molecule has 0 spiro atoms. The number of rotatable bonds is 7. The maximum Gasteiger partial charge on any atom is 0.339 e. The van der Waals surface area contributed by atoms with E-state index in [0.717, 1.165) is 18.2 Å². The van der Waals surface area contributed by atoms with E-state index in [1.807, 2.05) is 0 Å². The van der Waals surface area contributed by atoms with Gasteiger partial charge >= 0.3 is 5.97 Å². The molecule has 10 heteroatoms. The van der Waals surface area contributed by atoms with Crippen LogP contribution in [0.2, 0.25) is 0 Å². The zero-order chi connectivity index (χ0) is 25.3. The minimum atomic E-state index is -1.89. The van der Waals surface area contributed by atoms with Crippen LogP contribution >= 0.6 is 0 Å². The molecular formula is C25H17FN2O7. The topological polar surface area (TPSA) is 133 Å². The van der Waals surface area contributed by atoms with E-state index in [2.05, 4.69) is 5.32 Å². The first-order chi connectivity index (χ1) is 16.7. The Kier molecular flexibility index (Phi) is 6.20. The molecule has 1 aliphatic rings. The Morgan fingerprint density at radius 3 is 2.46 bits per heavy atom. The fraction of sp³-hybridized carbons (Fsp3) is 0.120. The molecule has 0 aliphatic carbocycles. The SMILES string of the molecule is Cc1ccc([N+](=O)[O-])cc1NC(=O)C(=O)[C@H](C(=O)c1ccccc1F)[C@H]1OC(=O)c2ccccc21. The van der Waals surface area contributed by atoms with Gasteiger partial charge in [0, 0.05) is 17.7 Å². The molecule has 9 nitrogen and oxygen atoms in total. The second kappa shape index (κ2) is 9.26. The molecule has 3 aromatic rings. The van der Waals surface area contributed by atoms with Crippen LogP contribution in [-0.4, -0.2) is 28.4 Å². The lowest BCUT2D eigenvalue weighted by Gasteiger charge is -2.21. The van der Waals surface area contributed by atoms with Crippen molar-refractivity contribution in [1.29, 1.82) is 0 Å². The van der Waals surface area contributed by atoms with Crippen LogP contribution in [0, 0.1) is 28.8 Å². The zero-order valence-corrected chi connectivity index (χ0v) is 18.2. The van der Waals surface area contributed by atoms with Crippen LogP contribution in [0.5, 0.6) is 0 Å². The standard InChI is InChI=1S/C25H17FN2O7/c1-13-10-11-14(28(33)34)12-19(13)27-24(31)22(30)20(21(29)17-8-4-5-9-18(17)26)23-15-6-2-3-7-16(15)25(32)35-23/h2-12,20,23H,1H3,(H,27,31)/t20-,23-/m0/s1. The van der Waals surface area contributed by atoms with Crippen LogP contribution in [0.4, 0.5) is 15.8 Å². The second-order valence-corrected chi connectivity index (χ2v) is 7.81. The number of anilines is 1. The van der Waals surface area contributed by atoms with E-state index in [4.69, 9.17) is 4.74 Å². The van der Waals surface area contributed by atoms with Gasteiger partial charge in [-0.3, -0.25) is 24.5 Å². The summed E-state index contributed by atoms with van der Waals surface area (Å²) in [6.45, 7) is 1.56. The first kappa shape index (κ1) is 23.4. The molecule has 35 heavy (non-hydrogen) atoms. The number of nitro groups is 1. The van der Waals surface area contributed by atoms with Gasteiger partial charge in [0.05, 0.1) is 21.7 Å². The summed E-state index contributed by atoms with van der Waals surface area (Å²) in [6, 6.07) is 14.7. The Labute approximate surface area is 197 Å². The molecule has 0 saturated carbocycles. The summed E-state index contributed by atoms with van der Waals surface area (Å²) in [6.07, 6.45) is -1.46. The first-order valence-electron chi connectivity index (χ1n) is 10.4. The summed E-state index contributed by atoms with van der Waals surface area (Å²) in [5, 5.41) is 13.4. The van der Waals surface area contributed by atoms with E-state index in [1.54, 1.807) is 19.1 Å². The van der Waals surface area contributed by atoms with E-state index >= 15 is 0 Å². The third kappa shape index (κ3) is 4.41. The van der Waals surface area contributed by atoms with Crippen molar-refractivity contribution in [3.8, 4) is 0 Å². The van der Waals surface area contributed by atoms with Crippen LogP contribution in [0.3, 0.4) is 0 Å². The van der Waals surface area contributed by atoms with Gasteiger partial charge in [0.2, 0.25) is 5.78 Å². The number of nitrogens with one attached hydrogen (secondary N) is 1. The van der Waals surface area contributed by atoms with E-state index < -0.39 is 51.8 Å². The van der Waals surface area contributed by atoms with Crippen molar-refractivity contribution in [3.05, 3.63) is 105 Å². The summed E-state index contributed by atoms with van der Waals surface area (Å²) in [7, 11) is 0. The molecule has 1 N–H and O–H groups in total. The molecule has 176 valence electrons. The molecule has 0 aromatic heterocycles. The lowest BCUT2D eigenvalue weighted by Crippen LogP contribution is -2.38. The second-order valence-electron chi connectivity index (χ2n) is 7.81. The molecule has 0 unspecified atom stereocenters. The number of carbonyl (C=O) groups excluding carboxylic acids is 4. The lowest BCUT2D eigenvalue weighted by molar-refractivity contribution is -0.384. The van der Waals surface area contributed by atoms with Gasteiger partial charge in [-0.05, 0) is 30.7 Å². The number of nitrogens with zero attached hydrogens (tertiary/aromatic N) is 1. The highest BCUT2D eigenvalue weighted by atomic mass is 19.1. The van der Waals surface area contributed by atoms with Gasteiger partial charge in [-0.25, -0.2) is 9.18 Å². The summed E-state index contributed by atoms with van der Waals surface area (Å²) >= 11 is 0. The number of nitro benzene ring substituents is 1. The molecular weight excluding hydrogens is 459 g/mol. The van der Waals surface area contributed by atoms with Gasteiger partial charge in [0.1, 0.15) is 17.8 Å². The molecule has 1 amide bonds. The average molecular weight is 476 g/mol. The lowest BCUT2D eigenvalue weighted by atomic mass is 9.84. The summed E-state index contributed by atoms with van der Waals surface area (Å²) in [5.74, 6) is -7.21. The number of non-ortho nitro benzene ring substituents is 1. The van der Waals surface area contributed by atoms with Crippen LogP contribution in [-0.2, 0) is 14.3 Å². The number of esters is 1. The minimum Gasteiger partial charge on any atom is -0.453 e. The van der Waals surface area contributed by atoms with Crippen molar-refractivity contribution in [1.82, 2.24) is 0 Å². The molecule has 0 radical (unpaired) electrons. The zero-order valence-electron chi connectivity index (χ0n) is 18.2. The molecule has 0 bridgehead atoms. The Balaban J connectivity index is 1.74. The Bertz CT molecular complexity index is 1400. The number of ether oxygens (including phenoxy) is 1. The monoisotopic (exact) mass is 476 g/mol. The van der Waals surface area contributed by atoms with Gasteiger partial charge < -0.3 is 10.1 Å². The molecule has 0 fully saturated rings. The molecule has 3 aromatic carbocycles. The quantitative estimate of drug-likeness (QED) is 0.136. The average Bonchev–Trinajstić information content (AvgIpc) is 3.16. The summed E-state index contributed by atoms with van der Waals surface area (Å²) < 4.78 is 19.7. The van der Waals surface area contributed by atoms with Gasteiger partial charge in [-0.1, -0.05) is 36.4 Å².